The van der Waals surface area contributed by atoms with Crippen LogP contribution in [-0.2, 0) is 13.2 Å². The molecule has 3 nitrogen and oxygen atoms in total. The largest absolute Gasteiger partial charge is 0.489 e. The van der Waals surface area contributed by atoms with E-state index in [1.165, 1.54) is 12.1 Å². The fourth-order valence-electron chi connectivity index (χ4n) is 2.15. The summed E-state index contributed by atoms with van der Waals surface area (Å²) in [5.41, 5.74) is 1.99. The highest BCUT2D eigenvalue weighted by atomic mass is 79.9. The van der Waals surface area contributed by atoms with Crippen molar-refractivity contribution in [1.82, 2.24) is 5.32 Å². The summed E-state index contributed by atoms with van der Waals surface area (Å²) in [6, 6.07) is 12.2. The Balaban J connectivity index is 1.93. The molecule has 0 atom stereocenters. The first-order chi connectivity index (χ1) is 11.2. The standard InChI is InChI=1S/C18H21BrFNO2/c19-16-5-8-18(15(11-16)12-21-9-1-2-10-22)23-13-14-3-6-17(20)7-4-14/h3-8,11,21-22H,1-2,9-10,12-13H2. The van der Waals surface area contributed by atoms with Crippen molar-refractivity contribution in [2.75, 3.05) is 13.2 Å². The van der Waals surface area contributed by atoms with Crippen LogP contribution in [0, 0.1) is 5.82 Å². The van der Waals surface area contributed by atoms with Crippen molar-refractivity contribution in [1.29, 1.82) is 0 Å². The monoisotopic (exact) mass is 381 g/mol. The van der Waals surface area contributed by atoms with E-state index in [9.17, 15) is 4.39 Å². The molecule has 0 aliphatic rings. The van der Waals surface area contributed by atoms with Crippen molar-refractivity contribution in [3.63, 3.8) is 0 Å². The van der Waals surface area contributed by atoms with Crippen molar-refractivity contribution in [3.05, 3.63) is 63.9 Å². The van der Waals surface area contributed by atoms with Crippen LogP contribution in [0.1, 0.15) is 24.0 Å². The highest BCUT2D eigenvalue weighted by Gasteiger charge is 2.05. The van der Waals surface area contributed by atoms with Crippen LogP contribution in [0.15, 0.2) is 46.9 Å². The van der Waals surface area contributed by atoms with Gasteiger partial charge in [-0.3, -0.25) is 0 Å². The summed E-state index contributed by atoms with van der Waals surface area (Å²) in [5.74, 6) is 0.567. The maximum absolute atomic E-state index is 12.9. The van der Waals surface area contributed by atoms with Gasteiger partial charge in [-0.2, -0.15) is 0 Å². The zero-order chi connectivity index (χ0) is 16.5. The zero-order valence-electron chi connectivity index (χ0n) is 12.9. The summed E-state index contributed by atoms with van der Waals surface area (Å²) in [6.45, 7) is 2.18. The molecular formula is C18H21BrFNO2. The molecule has 0 radical (unpaired) electrons. The van der Waals surface area contributed by atoms with E-state index in [1.54, 1.807) is 12.1 Å². The van der Waals surface area contributed by atoms with Crippen LogP contribution >= 0.6 is 15.9 Å². The summed E-state index contributed by atoms with van der Waals surface area (Å²) >= 11 is 3.48. The lowest BCUT2D eigenvalue weighted by Crippen LogP contribution is -2.15. The van der Waals surface area contributed by atoms with E-state index in [4.69, 9.17) is 9.84 Å². The van der Waals surface area contributed by atoms with E-state index in [0.717, 1.165) is 40.7 Å². The van der Waals surface area contributed by atoms with Gasteiger partial charge in [0.1, 0.15) is 18.2 Å². The zero-order valence-corrected chi connectivity index (χ0v) is 14.5. The molecule has 0 saturated heterocycles. The number of halogens is 2. The predicted molar refractivity (Wildman–Crippen MR) is 92.9 cm³/mol. The van der Waals surface area contributed by atoms with Crippen LogP contribution in [0.4, 0.5) is 4.39 Å². The number of unbranched alkanes of at least 4 members (excludes halogenated alkanes) is 1. The normalized spacial score (nSPS) is 10.7. The summed E-state index contributed by atoms with van der Waals surface area (Å²) in [5, 5.41) is 12.1. The second kappa shape index (κ2) is 9.65. The lowest BCUT2D eigenvalue weighted by atomic mass is 10.2. The third kappa shape index (κ3) is 6.29. The van der Waals surface area contributed by atoms with Crippen LogP contribution in [0.2, 0.25) is 0 Å². The van der Waals surface area contributed by atoms with Gasteiger partial charge in [-0.05, 0) is 55.3 Å². The van der Waals surface area contributed by atoms with Gasteiger partial charge in [-0.1, -0.05) is 28.1 Å². The Bertz CT molecular complexity index is 604. The Morgan fingerprint density at radius 1 is 1.09 bits per heavy atom. The Morgan fingerprint density at radius 2 is 1.87 bits per heavy atom. The molecule has 0 unspecified atom stereocenters. The van der Waals surface area contributed by atoms with Crippen LogP contribution in [0.5, 0.6) is 5.75 Å². The Hall–Kier alpha value is -1.43. The molecule has 0 aromatic heterocycles. The van der Waals surface area contributed by atoms with E-state index in [-0.39, 0.29) is 12.4 Å². The minimum Gasteiger partial charge on any atom is -0.489 e. The molecule has 0 heterocycles. The molecule has 2 aromatic rings. The van der Waals surface area contributed by atoms with E-state index in [2.05, 4.69) is 21.2 Å². The number of hydrogen-bond donors (Lipinski definition) is 2. The molecule has 2 rings (SSSR count). The fourth-order valence-corrected chi connectivity index (χ4v) is 2.56. The highest BCUT2D eigenvalue weighted by molar-refractivity contribution is 9.10. The number of aliphatic hydroxyl groups is 1. The van der Waals surface area contributed by atoms with Gasteiger partial charge >= 0.3 is 0 Å². The third-order valence-corrected chi connectivity index (χ3v) is 3.90. The molecule has 2 aromatic carbocycles. The molecule has 2 N–H and O–H groups in total. The molecule has 124 valence electrons. The number of nitrogens with one attached hydrogen (secondary N) is 1. The maximum Gasteiger partial charge on any atom is 0.124 e. The molecule has 0 fully saturated rings. The van der Waals surface area contributed by atoms with Crippen LogP contribution in [0.3, 0.4) is 0 Å². The van der Waals surface area contributed by atoms with Gasteiger partial charge in [0.15, 0.2) is 0 Å². The van der Waals surface area contributed by atoms with Crippen molar-refractivity contribution in [2.45, 2.75) is 26.0 Å². The predicted octanol–water partition coefficient (Wildman–Crippen LogP) is 4.03. The van der Waals surface area contributed by atoms with Gasteiger partial charge in [0.2, 0.25) is 0 Å². The highest BCUT2D eigenvalue weighted by Crippen LogP contribution is 2.24. The maximum atomic E-state index is 12.9. The number of ether oxygens (including phenoxy) is 1. The minimum absolute atomic E-state index is 0.227. The van der Waals surface area contributed by atoms with Gasteiger partial charge in [0.05, 0.1) is 0 Å². The topological polar surface area (TPSA) is 41.5 Å². The number of hydrogen-bond acceptors (Lipinski definition) is 3. The average Bonchev–Trinajstić information content (AvgIpc) is 2.55. The molecule has 0 bridgehead atoms. The van der Waals surface area contributed by atoms with Crippen LogP contribution < -0.4 is 10.1 Å². The van der Waals surface area contributed by atoms with Crippen molar-refractivity contribution < 1.29 is 14.2 Å². The van der Waals surface area contributed by atoms with E-state index < -0.39 is 0 Å². The molecule has 0 amide bonds. The molecule has 5 heteroatoms. The lowest BCUT2D eigenvalue weighted by Gasteiger charge is -2.13. The van der Waals surface area contributed by atoms with Gasteiger partial charge in [-0.25, -0.2) is 4.39 Å². The molecule has 0 saturated carbocycles. The van der Waals surface area contributed by atoms with Crippen molar-refractivity contribution >= 4 is 15.9 Å². The third-order valence-electron chi connectivity index (χ3n) is 3.41. The van der Waals surface area contributed by atoms with E-state index in [0.29, 0.717) is 13.2 Å². The van der Waals surface area contributed by atoms with Gasteiger partial charge < -0.3 is 15.2 Å². The smallest absolute Gasteiger partial charge is 0.124 e. The minimum atomic E-state index is -0.245. The number of benzene rings is 2. The van der Waals surface area contributed by atoms with E-state index in [1.807, 2.05) is 18.2 Å². The van der Waals surface area contributed by atoms with Crippen molar-refractivity contribution in [3.8, 4) is 5.75 Å². The summed E-state index contributed by atoms with van der Waals surface area (Å²) < 4.78 is 19.8. The van der Waals surface area contributed by atoms with Gasteiger partial charge in [0, 0.05) is 23.2 Å². The SMILES string of the molecule is OCCCCNCc1cc(Br)ccc1OCc1ccc(F)cc1. The molecular weight excluding hydrogens is 361 g/mol. The Kier molecular flexibility index (Phi) is 7.52. The number of aliphatic hydroxyl groups excluding tert-OH is 1. The Labute approximate surface area is 144 Å². The first-order valence-electron chi connectivity index (χ1n) is 7.66. The van der Waals surface area contributed by atoms with Gasteiger partial charge in [0.25, 0.3) is 0 Å². The molecule has 0 aliphatic carbocycles. The second-order valence-corrected chi connectivity index (χ2v) is 6.19. The fraction of sp³-hybridized carbons (Fsp3) is 0.333. The summed E-state index contributed by atoms with van der Waals surface area (Å²) in [6.07, 6.45) is 1.75. The molecule has 0 spiro atoms. The van der Waals surface area contributed by atoms with Gasteiger partial charge in [-0.15, -0.1) is 0 Å². The average molecular weight is 382 g/mol. The first-order valence-corrected chi connectivity index (χ1v) is 8.45. The molecule has 23 heavy (non-hydrogen) atoms. The summed E-state index contributed by atoms with van der Waals surface area (Å²) in [7, 11) is 0. The quantitative estimate of drug-likeness (QED) is 0.644. The molecule has 0 aliphatic heterocycles. The van der Waals surface area contributed by atoms with Crippen LogP contribution in [-0.4, -0.2) is 18.3 Å². The van der Waals surface area contributed by atoms with E-state index >= 15 is 0 Å². The second-order valence-electron chi connectivity index (χ2n) is 5.27. The van der Waals surface area contributed by atoms with Crippen molar-refractivity contribution in [2.24, 2.45) is 0 Å². The number of rotatable bonds is 9. The Morgan fingerprint density at radius 3 is 2.61 bits per heavy atom. The summed E-state index contributed by atoms with van der Waals surface area (Å²) in [4.78, 5) is 0. The first kappa shape index (κ1) is 17.9. The van der Waals surface area contributed by atoms with Crippen LogP contribution in [0.25, 0.3) is 0 Å². The lowest BCUT2D eigenvalue weighted by molar-refractivity contribution is 0.283.